The van der Waals surface area contributed by atoms with Crippen LogP contribution in [0.15, 0.2) is 53.8 Å². The summed E-state index contributed by atoms with van der Waals surface area (Å²) in [4.78, 5) is 8.43. The van der Waals surface area contributed by atoms with E-state index in [0.717, 1.165) is 12.1 Å². The van der Waals surface area contributed by atoms with Gasteiger partial charge in [-0.3, -0.25) is 4.98 Å². The van der Waals surface area contributed by atoms with Gasteiger partial charge in [0.05, 0.1) is 5.56 Å². The lowest BCUT2D eigenvalue weighted by molar-refractivity contribution is 0.318. The summed E-state index contributed by atoms with van der Waals surface area (Å²) in [6.45, 7) is 1.28. The van der Waals surface area contributed by atoms with E-state index in [0.29, 0.717) is 39.8 Å². The Morgan fingerprint density at radius 1 is 1.13 bits per heavy atom. The third kappa shape index (κ3) is 4.87. The van der Waals surface area contributed by atoms with E-state index >= 15 is 0 Å². The number of nitriles is 2. The fourth-order valence-corrected chi connectivity index (χ4v) is 3.74. The van der Waals surface area contributed by atoms with Crippen LogP contribution in [0.2, 0.25) is 0 Å². The molecule has 0 saturated heterocycles. The van der Waals surface area contributed by atoms with Gasteiger partial charge in [0.1, 0.15) is 40.9 Å². The molecule has 1 aromatic carbocycles. The zero-order chi connectivity index (χ0) is 21.3. The van der Waals surface area contributed by atoms with Crippen LogP contribution in [-0.2, 0) is 5.75 Å². The SMILES string of the molecule is CNCCOc1ccc(-c2c(C#N)c(N)nc(SCc3cccnc3)c2C#N)cc1. The molecule has 3 rings (SSSR count). The third-order valence-electron chi connectivity index (χ3n) is 4.28. The van der Waals surface area contributed by atoms with Crippen molar-refractivity contribution in [1.82, 2.24) is 15.3 Å². The highest BCUT2D eigenvalue weighted by Crippen LogP contribution is 2.37. The number of likely N-dealkylation sites (N-methyl/N-ethyl adjacent to an activating group) is 1. The van der Waals surface area contributed by atoms with E-state index in [9.17, 15) is 10.5 Å². The molecule has 0 fully saturated rings. The van der Waals surface area contributed by atoms with Crippen molar-refractivity contribution in [2.24, 2.45) is 0 Å². The molecule has 0 spiro atoms. The molecule has 0 aliphatic rings. The van der Waals surface area contributed by atoms with Crippen molar-refractivity contribution < 1.29 is 4.74 Å². The monoisotopic (exact) mass is 416 g/mol. The summed E-state index contributed by atoms with van der Waals surface area (Å²) >= 11 is 1.39. The van der Waals surface area contributed by atoms with Gasteiger partial charge >= 0.3 is 0 Å². The minimum atomic E-state index is 0.106. The Labute approximate surface area is 179 Å². The molecule has 30 heavy (non-hydrogen) atoms. The minimum absolute atomic E-state index is 0.106. The molecule has 0 amide bonds. The van der Waals surface area contributed by atoms with E-state index < -0.39 is 0 Å². The Morgan fingerprint density at radius 2 is 1.90 bits per heavy atom. The number of nitrogens with zero attached hydrogens (tertiary/aromatic N) is 4. The minimum Gasteiger partial charge on any atom is -0.492 e. The molecule has 7 nitrogen and oxygen atoms in total. The number of benzene rings is 1. The number of ether oxygens (including phenoxy) is 1. The molecule has 0 saturated carbocycles. The predicted octanol–water partition coefficient (Wildman–Crippen LogP) is 3.36. The summed E-state index contributed by atoms with van der Waals surface area (Å²) in [6, 6.07) is 15.4. The first-order valence-electron chi connectivity index (χ1n) is 9.21. The maximum Gasteiger partial charge on any atom is 0.143 e. The largest absolute Gasteiger partial charge is 0.492 e. The molecule has 3 N–H and O–H groups in total. The lowest BCUT2D eigenvalue weighted by Crippen LogP contribution is -2.15. The van der Waals surface area contributed by atoms with Crippen LogP contribution in [0.3, 0.4) is 0 Å². The first-order chi connectivity index (χ1) is 14.7. The van der Waals surface area contributed by atoms with E-state index in [1.807, 2.05) is 43.4 Å². The standard InChI is InChI=1S/C22H20N6OS/c1-26-9-10-29-17-6-4-16(5-7-17)20-18(11-23)21(25)28-22(19(20)12-24)30-14-15-3-2-8-27-13-15/h2-8,13,26H,9-10,14H2,1H3,(H2,25,28). The van der Waals surface area contributed by atoms with Gasteiger partial charge in [-0.25, -0.2) is 4.98 Å². The van der Waals surface area contributed by atoms with E-state index in [2.05, 4.69) is 27.4 Å². The maximum absolute atomic E-state index is 9.87. The topological polar surface area (TPSA) is 121 Å². The van der Waals surface area contributed by atoms with Crippen molar-refractivity contribution in [2.45, 2.75) is 10.8 Å². The molecule has 0 aliphatic heterocycles. The number of nitrogen functional groups attached to an aromatic ring is 1. The highest BCUT2D eigenvalue weighted by Gasteiger charge is 2.20. The normalized spacial score (nSPS) is 10.2. The molecule has 2 heterocycles. The third-order valence-corrected chi connectivity index (χ3v) is 5.32. The van der Waals surface area contributed by atoms with Crippen LogP contribution in [0.25, 0.3) is 11.1 Å². The second kappa shape index (κ2) is 10.3. The summed E-state index contributed by atoms with van der Waals surface area (Å²) in [5, 5.41) is 23.0. The smallest absolute Gasteiger partial charge is 0.143 e. The van der Waals surface area contributed by atoms with Gasteiger partial charge in [-0.2, -0.15) is 10.5 Å². The molecule has 150 valence electrons. The Hall–Kier alpha value is -3.59. The summed E-state index contributed by atoms with van der Waals surface area (Å²) < 4.78 is 5.65. The van der Waals surface area contributed by atoms with Crippen LogP contribution in [-0.4, -0.2) is 30.2 Å². The summed E-state index contributed by atoms with van der Waals surface area (Å²) in [5.41, 5.74) is 8.80. The quantitative estimate of drug-likeness (QED) is 0.423. The zero-order valence-corrected chi connectivity index (χ0v) is 17.2. The highest BCUT2D eigenvalue weighted by molar-refractivity contribution is 7.98. The number of hydrogen-bond acceptors (Lipinski definition) is 8. The van der Waals surface area contributed by atoms with Crippen molar-refractivity contribution in [2.75, 3.05) is 25.9 Å². The molecule has 3 aromatic rings. The fraction of sp³-hybridized carbons (Fsp3) is 0.182. The molecular weight excluding hydrogens is 396 g/mol. The predicted molar refractivity (Wildman–Crippen MR) is 117 cm³/mol. The molecule has 2 aromatic heterocycles. The number of nitrogens with one attached hydrogen (secondary N) is 1. The number of hydrogen-bond donors (Lipinski definition) is 2. The molecule has 0 unspecified atom stereocenters. The number of anilines is 1. The number of nitrogens with two attached hydrogens (primary N) is 1. The van der Waals surface area contributed by atoms with Gasteiger partial charge in [-0.05, 0) is 36.4 Å². The number of pyridine rings is 2. The number of thioether (sulfide) groups is 1. The number of aromatic nitrogens is 2. The molecule has 0 aliphatic carbocycles. The van der Waals surface area contributed by atoms with Gasteiger partial charge < -0.3 is 15.8 Å². The van der Waals surface area contributed by atoms with Gasteiger partial charge in [-0.15, -0.1) is 11.8 Å². The van der Waals surface area contributed by atoms with Crippen LogP contribution < -0.4 is 15.8 Å². The van der Waals surface area contributed by atoms with Crippen LogP contribution >= 0.6 is 11.8 Å². The average molecular weight is 417 g/mol. The first kappa shape index (κ1) is 21.1. The van der Waals surface area contributed by atoms with E-state index in [1.54, 1.807) is 12.4 Å². The summed E-state index contributed by atoms with van der Waals surface area (Å²) in [7, 11) is 1.86. The van der Waals surface area contributed by atoms with Crippen molar-refractivity contribution in [3.8, 4) is 29.0 Å². The highest BCUT2D eigenvalue weighted by atomic mass is 32.2. The second-order valence-electron chi connectivity index (χ2n) is 6.28. The Kier molecular flexibility index (Phi) is 7.23. The van der Waals surface area contributed by atoms with Crippen molar-refractivity contribution in [1.29, 1.82) is 10.5 Å². The molecule has 8 heteroatoms. The summed E-state index contributed by atoms with van der Waals surface area (Å²) in [6.07, 6.45) is 3.47. The van der Waals surface area contributed by atoms with Crippen LogP contribution in [0, 0.1) is 22.7 Å². The van der Waals surface area contributed by atoms with E-state index in [1.165, 1.54) is 11.8 Å². The Morgan fingerprint density at radius 3 is 2.53 bits per heavy atom. The van der Waals surface area contributed by atoms with Gasteiger partial charge in [0.15, 0.2) is 0 Å². The van der Waals surface area contributed by atoms with Gasteiger partial charge in [0.25, 0.3) is 0 Å². The van der Waals surface area contributed by atoms with Crippen LogP contribution in [0.1, 0.15) is 16.7 Å². The van der Waals surface area contributed by atoms with Gasteiger partial charge in [0, 0.05) is 30.3 Å². The second-order valence-corrected chi connectivity index (χ2v) is 7.24. The zero-order valence-electron chi connectivity index (χ0n) is 16.4. The summed E-state index contributed by atoms with van der Waals surface area (Å²) in [5.74, 6) is 1.40. The average Bonchev–Trinajstić information content (AvgIpc) is 2.78. The van der Waals surface area contributed by atoms with E-state index in [-0.39, 0.29) is 11.4 Å². The van der Waals surface area contributed by atoms with Crippen molar-refractivity contribution in [3.63, 3.8) is 0 Å². The van der Waals surface area contributed by atoms with Crippen LogP contribution in [0.5, 0.6) is 5.75 Å². The first-order valence-corrected chi connectivity index (χ1v) is 10.2. The molecular formula is C22H20N6OS. The Balaban J connectivity index is 1.97. The molecule has 0 atom stereocenters. The van der Waals surface area contributed by atoms with E-state index in [4.69, 9.17) is 10.5 Å². The maximum atomic E-state index is 9.87. The molecule has 0 bridgehead atoms. The Bertz CT molecular complexity index is 1090. The lowest BCUT2D eigenvalue weighted by Gasteiger charge is -2.13. The van der Waals surface area contributed by atoms with Crippen LogP contribution in [0.4, 0.5) is 5.82 Å². The molecule has 0 radical (unpaired) electrons. The van der Waals surface area contributed by atoms with Gasteiger partial charge in [-0.1, -0.05) is 18.2 Å². The number of rotatable bonds is 8. The fourth-order valence-electron chi connectivity index (χ4n) is 2.82. The van der Waals surface area contributed by atoms with Crippen molar-refractivity contribution in [3.05, 3.63) is 65.5 Å². The lowest BCUT2D eigenvalue weighted by atomic mass is 9.97. The van der Waals surface area contributed by atoms with Crippen molar-refractivity contribution >= 4 is 17.6 Å². The van der Waals surface area contributed by atoms with Gasteiger partial charge in [0.2, 0.25) is 0 Å².